The van der Waals surface area contributed by atoms with Gasteiger partial charge in [-0.15, -0.1) is 0 Å². The van der Waals surface area contributed by atoms with Gasteiger partial charge in [-0.05, 0) is 47.2 Å². The van der Waals surface area contributed by atoms with Gasteiger partial charge in [-0.3, -0.25) is 0 Å². The fraction of sp³-hybridized carbons (Fsp3) is 1.00. The molecule has 0 spiro atoms. The second-order valence-electron chi connectivity index (χ2n) is 4.95. The summed E-state index contributed by atoms with van der Waals surface area (Å²) >= 11 is 0. The Morgan fingerprint density at radius 2 is 1.92 bits per heavy atom. The molecule has 0 aromatic rings. The molecular formula is C10H21NO. The highest BCUT2D eigenvalue weighted by atomic mass is 16.5. The number of ether oxygens (including phenoxy) is 1. The second kappa shape index (κ2) is 3.35. The molecule has 12 heavy (non-hydrogen) atoms. The summed E-state index contributed by atoms with van der Waals surface area (Å²) in [5.74, 6) is 0.777. The predicted octanol–water partition coefficient (Wildman–Crippen LogP) is 1.75. The van der Waals surface area contributed by atoms with Crippen molar-refractivity contribution in [1.29, 1.82) is 0 Å². The van der Waals surface area contributed by atoms with Crippen LogP contribution >= 0.6 is 0 Å². The molecular weight excluding hydrogens is 150 g/mol. The van der Waals surface area contributed by atoms with Crippen molar-refractivity contribution in [1.82, 2.24) is 4.90 Å². The van der Waals surface area contributed by atoms with Gasteiger partial charge in [0.2, 0.25) is 0 Å². The molecule has 2 nitrogen and oxygen atoms in total. The average molecular weight is 171 g/mol. The van der Waals surface area contributed by atoms with Crippen molar-refractivity contribution in [3.63, 3.8) is 0 Å². The van der Waals surface area contributed by atoms with Crippen LogP contribution in [0, 0.1) is 5.92 Å². The first-order valence-corrected chi connectivity index (χ1v) is 4.70. The third kappa shape index (κ3) is 3.11. The minimum atomic E-state index is 0.0272. The van der Waals surface area contributed by atoms with E-state index in [0.29, 0.717) is 0 Å². The molecule has 0 amide bonds. The van der Waals surface area contributed by atoms with Gasteiger partial charge in [0, 0.05) is 6.04 Å². The van der Waals surface area contributed by atoms with Crippen molar-refractivity contribution >= 4 is 0 Å². The van der Waals surface area contributed by atoms with Crippen LogP contribution < -0.4 is 0 Å². The normalized spacial score (nSPS) is 29.5. The first-order chi connectivity index (χ1) is 5.40. The van der Waals surface area contributed by atoms with Crippen LogP contribution in [0.25, 0.3) is 0 Å². The van der Waals surface area contributed by atoms with Crippen molar-refractivity contribution in [2.75, 3.05) is 20.7 Å². The minimum absolute atomic E-state index is 0.0272. The standard InChI is InChI=1S/C10H21NO/c1-10(2,3)12-7-8-6-9(8)11(4)5/h8-9H,6-7H2,1-5H3. The van der Waals surface area contributed by atoms with Gasteiger partial charge in [0.25, 0.3) is 0 Å². The average Bonchev–Trinajstić information content (AvgIpc) is 2.59. The van der Waals surface area contributed by atoms with Crippen LogP contribution in [0.1, 0.15) is 27.2 Å². The molecule has 1 aliphatic rings. The van der Waals surface area contributed by atoms with E-state index in [2.05, 4.69) is 39.8 Å². The first-order valence-electron chi connectivity index (χ1n) is 4.70. The molecule has 0 heterocycles. The lowest BCUT2D eigenvalue weighted by Crippen LogP contribution is -2.23. The van der Waals surface area contributed by atoms with Gasteiger partial charge in [0.1, 0.15) is 0 Å². The highest BCUT2D eigenvalue weighted by Gasteiger charge is 2.39. The summed E-state index contributed by atoms with van der Waals surface area (Å²) in [5.41, 5.74) is 0.0272. The Kier molecular flexibility index (Phi) is 2.79. The van der Waals surface area contributed by atoms with E-state index in [4.69, 9.17) is 4.74 Å². The van der Waals surface area contributed by atoms with Crippen LogP contribution in [0.15, 0.2) is 0 Å². The summed E-state index contributed by atoms with van der Waals surface area (Å²) < 4.78 is 5.71. The molecule has 1 aliphatic carbocycles. The van der Waals surface area contributed by atoms with Crippen LogP contribution in [-0.2, 0) is 4.74 Å². The zero-order valence-electron chi connectivity index (χ0n) is 8.92. The van der Waals surface area contributed by atoms with Crippen LogP contribution in [0.2, 0.25) is 0 Å². The Labute approximate surface area is 75.9 Å². The van der Waals surface area contributed by atoms with E-state index >= 15 is 0 Å². The molecule has 0 bridgehead atoms. The predicted molar refractivity (Wildman–Crippen MR) is 51.3 cm³/mol. The van der Waals surface area contributed by atoms with E-state index in [1.54, 1.807) is 0 Å². The summed E-state index contributed by atoms with van der Waals surface area (Å²) in [5, 5.41) is 0. The molecule has 2 atom stereocenters. The third-order valence-corrected chi connectivity index (χ3v) is 2.28. The maximum atomic E-state index is 5.71. The minimum Gasteiger partial charge on any atom is -0.376 e. The fourth-order valence-corrected chi connectivity index (χ4v) is 1.40. The SMILES string of the molecule is CN(C)C1CC1COC(C)(C)C. The lowest BCUT2D eigenvalue weighted by Gasteiger charge is -2.20. The summed E-state index contributed by atoms with van der Waals surface area (Å²) in [6, 6.07) is 0.771. The van der Waals surface area contributed by atoms with Gasteiger partial charge >= 0.3 is 0 Å². The molecule has 1 saturated carbocycles. The molecule has 0 saturated heterocycles. The summed E-state index contributed by atoms with van der Waals surface area (Å²) in [4.78, 5) is 2.29. The van der Waals surface area contributed by atoms with Crippen LogP contribution in [0.3, 0.4) is 0 Å². The summed E-state index contributed by atoms with van der Waals surface area (Å²) in [7, 11) is 4.28. The number of hydrogen-bond acceptors (Lipinski definition) is 2. The number of nitrogens with zero attached hydrogens (tertiary/aromatic N) is 1. The van der Waals surface area contributed by atoms with Crippen molar-refractivity contribution in [2.24, 2.45) is 5.92 Å². The van der Waals surface area contributed by atoms with Gasteiger partial charge in [-0.25, -0.2) is 0 Å². The Balaban J connectivity index is 2.12. The van der Waals surface area contributed by atoms with Gasteiger partial charge in [-0.2, -0.15) is 0 Å². The van der Waals surface area contributed by atoms with Gasteiger partial charge in [0.15, 0.2) is 0 Å². The molecule has 0 aliphatic heterocycles. The van der Waals surface area contributed by atoms with Crippen LogP contribution in [0.5, 0.6) is 0 Å². The van der Waals surface area contributed by atoms with Crippen molar-refractivity contribution < 1.29 is 4.74 Å². The molecule has 0 aromatic heterocycles. The Hall–Kier alpha value is -0.0800. The van der Waals surface area contributed by atoms with Gasteiger partial charge < -0.3 is 9.64 Å². The van der Waals surface area contributed by atoms with Crippen LogP contribution in [0.4, 0.5) is 0 Å². The van der Waals surface area contributed by atoms with E-state index < -0.39 is 0 Å². The molecule has 72 valence electrons. The lowest BCUT2D eigenvalue weighted by molar-refractivity contribution is -0.0112. The molecule has 2 heteroatoms. The van der Waals surface area contributed by atoms with Crippen molar-refractivity contribution in [3.05, 3.63) is 0 Å². The smallest absolute Gasteiger partial charge is 0.0598 e. The lowest BCUT2D eigenvalue weighted by atomic mass is 10.2. The Bertz CT molecular complexity index is 148. The van der Waals surface area contributed by atoms with Crippen molar-refractivity contribution in [3.8, 4) is 0 Å². The highest BCUT2D eigenvalue weighted by molar-refractivity contribution is 4.92. The zero-order chi connectivity index (χ0) is 9.35. The highest BCUT2D eigenvalue weighted by Crippen LogP contribution is 2.35. The molecule has 2 unspecified atom stereocenters. The summed E-state index contributed by atoms with van der Waals surface area (Å²) in [6.07, 6.45) is 1.31. The van der Waals surface area contributed by atoms with E-state index in [0.717, 1.165) is 18.6 Å². The maximum absolute atomic E-state index is 5.71. The fourth-order valence-electron chi connectivity index (χ4n) is 1.40. The van der Waals surface area contributed by atoms with Gasteiger partial charge in [0.05, 0.1) is 12.2 Å². The molecule has 1 rings (SSSR count). The largest absolute Gasteiger partial charge is 0.376 e. The maximum Gasteiger partial charge on any atom is 0.0598 e. The quantitative estimate of drug-likeness (QED) is 0.641. The van der Waals surface area contributed by atoms with Crippen molar-refractivity contribution in [2.45, 2.75) is 38.8 Å². The third-order valence-electron chi connectivity index (χ3n) is 2.28. The first kappa shape index (κ1) is 10.0. The van der Waals surface area contributed by atoms with Crippen LogP contribution in [-0.4, -0.2) is 37.2 Å². The summed E-state index contributed by atoms with van der Waals surface area (Å²) in [6.45, 7) is 7.26. The zero-order valence-corrected chi connectivity index (χ0v) is 8.92. The molecule has 0 radical (unpaired) electrons. The van der Waals surface area contributed by atoms with E-state index in [9.17, 15) is 0 Å². The molecule has 0 aromatic carbocycles. The van der Waals surface area contributed by atoms with E-state index in [1.807, 2.05) is 0 Å². The number of hydrogen-bond donors (Lipinski definition) is 0. The van der Waals surface area contributed by atoms with Gasteiger partial charge in [-0.1, -0.05) is 0 Å². The Morgan fingerprint density at radius 3 is 2.25 bits per heavy atom. The Morgan fingerprint density at radius 1 is 1.33 bits per heavy atom. The molecule has 1 fully saturated rings. The topological polar surface area (TPSA) is 12.5 Å². The molecule has 0 N–H and O–H groups in total. The van der Waals surface area contributed by atoms with E-state index in [-0.39, 0.29) is 5.60 Å². The van der Waals surface area contributed by atoms with E-state index in [1.165, 1.54) is 6.42 Å². The monoisotopic (exact) mass is 171 g/mol. The second-order valence-corrected chi connectivity index (χ2v) is 4.95. The number of rotatable bonds is 3.